The Morgan fingerprint density at radius 2 is 1.71 bits per heavy atom. The van der Waals surface area contributed by atoms with Crippen LogP contribution in [0, 0.1) is 6.92 Å². The number of fused-ring (bicyclic) bond motifs is 1. The van der Waals surface area contributed by atoms with Crippen molar-refractivity contribution in [2.45, 2.75) is 13.1 Å². The summed E-state index contributed by atoms with van der Waals surface area (Å²) in [6, 6.07) is 15.6. The van der Waals surface area contributed by atoms with Gasteiger partial charge in [0.25, 0.3) is 5.91 Å². The van der Waals surface area contributed by atoms with Crippen LogP contribution in [0.15, 0.2) is 60.7 Å². The molecule has 0 radical (unpaired) electrons. The summed E-state index contributed by atoms with van der Waals surface area (Å²) in [5.74, 6) is -0.0613. The molecule has 6 nitrogen and oxygen atoms in total. The number of anilines is 1. The van der Waals surface area contributed by atoms with Crippen LogP contribution in [-0.2, 0) is 6.18 Å². The lowest BCUT2D eigenvalue weighted by molar-refractivity contribution is -0.142. The molecule has 0 saturated carbocycles. The molecule has 158 valence electrons. The number of nitrogens with zero attached hydrogens (tertiary/aromatic N) is 3. The average molecular weight is 426 g/mol. The molecule has 0 aliphatic heterocycles. The first-order chi connectivity index (χ1) is 14.7. The fourth-order valence-corrected chi connectivity index (χ4v) is 3.03. The highest BCUT2D eigenvalue weighted by Crippen LogP contribution is 2.32. The number of rotatable bonds is 4. The van der Waals surface area contributed by atoms with Crippen LogP contribution in [-0.4, -0.2) is 27.6 Å². The first-order valence-corrected chi connectivity index (χ1v) is 9.25. The summed E-state index contributed by atoms with van der Waals surface area (Å²) in [5.41, 5.74) is 0.803. The third-order valence-electron chi connectivity index (χ3n) is 4.65. The molecule has 4 aromatic rings. The third-order valence-corrected chi connectivity index (χ3v) is 4.65. The van der Waals surface area contributed by atoms with Crippen molar-refractivity contribution >= 4 is 17.2 Å². The van der Waals surface area contributed by atoms with Crippen LogP contribution in [0.2, 0.25) is 0 Å². The molecule has 1 N–H and O–H groups in total. The number of carbonyl (C=O) groups is 1. The first kappa shape index (κ1) is 20.4. The summed E-state index contributed by atoms with van der Waals surface area (Å²) >= 11 is 0. The van der Waals surface area contributed by atoms with Gasteiger partial charge in [-0.3, -0.25) is 4.79 Å². The molecule has 2 heterocycles. The fraction of sp³-hybridized carbons (Fsp3) is 0.136. The Morgan fingerprint density at radius 1 is 1.03 bits per heavy atom. The number of halogens is 3. The number of nitrogens with one attached hydrogen (secondary N) is 1. The van der Waals surface area contributed by atoms with E-state index in [1.54, 1.807) is 36.4 Å². The Kier molecular flexibility index (Phi) is 5.10. The second-order valence-electron chi connectivity index (χ2n) is 6.87. The number of benzene rings is 2. The van der Waals surface area contributed by atoms with Crippen molar-refractivity contribution in [1.29, 1.82) is 0 Å². The standard InChI is InChI=1S/C22H17F3N4O2/c1-13-3-7-15(8-4-13)26-21(30)18-12-20-27-17(14-5-9-16(31-2)10-6-14)11-19(22(23,24)25)29(20)28-18/h3-12H,1-2H3,(H,26,30). The number of aryl methyl sites for hydroxylation is 1. The Balaban J connectivity index is 1.76. The highest BCUT2D eigenvalue weighted by Gasteiger charge is 2.35. The fourth-order valence-electron chi connectivity index (χ4n) is 3.03. The zero-order valence-corrected chi connectivity index (χ0v) is 16.6. The van der Waals surface area contributed by atoms with E-state index in [2.05, 4.69) is 15.4 Å². The number of carbonyl (C=O) groups excluding carboxylic acids is 1. The third kappa shape index (κ3) is 4.20. The SMILES string of the molecule is COc1ccc(-c2cc(C(F)(F)F)n3nc(C(=O)Nc4ccc(C)cc4)cc3n2)cc1. The molecule has 0 spiro atoms. The molecule has 0 atom stereocenters. The van der Waals surface area contributed by atoms with Gasteiger partial charge in [-0.05, 0) is 49.4 Å². The van der Waals surface area contributed by atoms with Gasteiger partial charge in [0, 0.05) is 17.3 Å². The molecule has 2 aromatic carbocycles. The van der Waals surface area contributed by atoms with Gasteiger partial charge in [0.1, 0.15) is 5.75 Å². The smallest absolute Gasteiger partial charge is 0.433 e. The van der Waals surface area contributed by atoms with Gasteiger partial charge < -0.3 is 10.1 Å². The summed E-state index contributed by atoms with van der Waals surface area (Å²) in [6.45, 7) is 1.90. The summed E-state index contributed by atoms with van der Waals surface area (Å²) in [7, 11) is 1.50. The largest absolute Gasteiger partial charge is 0.497 e. The Labute approximate surface area is 175 Å². The molecule has 0 aliphatic rings. The van der Waals surface area contributed by atoms with Gasteiger partial charge in [0.2, 0.25) is 0 Å². The van der Waals surface area contributed by atoms with Crippen molar-refractivity contribution in [3.8, 4) is 17.0 Å². The van der Waals surface area contributed by atoms with Gasteiger partial charge >= 0.3 is 6.18 Å². The van der Waals surface area contributed by atoms with E-state index in [9.17, 15) is 18.0 Å². The molecule has 31 heavy (non-hydrogen) atoms. The number of ether oxygens (including phenoxy) is 1. The summed E-state index contributed by atoms with van der Waals surface area (Å²) in [6.07, 6.45) is -4.70. The number of alkyl halides is 3. The van der Waals surface area contributed by atoms with Gasteiger partial charge in [-0.25, -0.2) is 9.50 Å². The van der Waals surface area contributed by atoms with E-state index in [-0.39, 0.29) is 17.0 Å². The maximum Gasteiger partial charge on any atom is 0.433 e. The van der Waals surface area contributed by atoms with Crippen LogP contribution in [0.1, 0.15) is 21.7 Å². The van der Waals surface area contributed by atoms with Crippen LogP contribution >= 0.6 is 0 Å². The molecule has 1 amide bonds. The highest BCUT2D eigenvalue weighted by atomic mass is 19.4. The lowest BCUT2D eigenvalue weighted by Gasteiger charge is -2.11. The molecule has 0 saturated heterocycles. The maximum absolute atomic E-state index is 13.7. The van der Waals surface area contributed by atoms with E-state index in [4.69, 9.17) is 4.74 Å². The Morgan fingerprint density at radius 3 is 2.32 bits per heavy atom. The zero-order chi connectivity index (χ0) is 22.2. The number of hydrogen-bond acceptors (Lipinski definition) is 4. The average Bonchev–Trinajstić information content (AvgIpc) is 3.18. The van der Waals surface area contributed by atoms with Gasteiger partial charge in [0.15, 0.2) is 17.0 Å². The highest BCUT2D eigenvalue weighted by molar-refractivity contribution is 6.03. The molecule has 4 rings (SSSR count). The van der Waals surface area contributed by atoms with Gasteiger partial charge in [0.05, 0.1) is 12.8 Å². The number of hydrogen-bond donors (Lipinski definition) is 1. The van der Waals surface area contributed by atoms with E-state index in [0.717, 1.165) is 11.6 Å². The van der Waals surface area contributed by atoms with Crippen molar-refractivity contribution in [2.24, 2.45) is 0 Å². The quantitative estimate of drug-likeness (QED) is 0.500. The van der Waals surface area contributed by atoms with E-state index >= 15 is 0 Å². The minimum Gasteiger partial charge on any atom is -0.497 e. The second-order valence-corrected chi connectivity index (χ2v) is 6.87. The normalized spacial score (nSPS) is 11.5. The molecule has 0 aliphatic carbocycles. The first-order valence-electron chi connectivity index (χ1n) is 9.25. The van der Waals surface area contributed by atoms with Gasteiger partial charge in [-0.15, -0.1) is 0 Å². The molecular weight excluding hydrogens is 409 g/mol. The van der Waals surface area contributed by atoms with Crippen molar-refractivity contribution in [3.05, 3.63) is 77.6 Å². The number of methoxy groups -OCH3 is 1. The molecular formula is C22H17F3N4O2. The van der Waals surface area contributed by atoms with E-state index < -0.39 is 17.8 Å². The molecule has 9 heteroatoms. The van der Waals surface area contributed by atoms with Crippen LogP contribution in [0.5, 0.6) is 5.75 Å². The topological polar surface area (TPSA) is 68.5 Å². The van der Waals surface area contributed by atoms with Crippen molar-refractivity contribution in [3.63, 3.8) is 0 Å². The van der Waals surface area contributed by atoms with E-state index in [1.165, 1.54) is 13.2 Å². The summed E-state index contributed by atoms with van der Waals surface area (Å²) in [4.78, 5) is 16.8. The van der Waals surface area contributed by atoms with Crippen molar-refractivity contribution in [1.82, 2.24) is 14.6 Å². The molecule has 0 unspecified atom stereocenters. The number of aromatic nitrogens is 3. The Bertz CT molecular complexity index is 1250. The second kappa shape index (κ2) is 7.75. The summed E-state index contributed by atoms with van der Waals surface area (Å²) < 4.78 is 46.9. The molecule has 0 fully saturated rings. The minimum absolute atomic E-state index is 0.0882. The van der Waals surface area contributed by atoms with Gasteiger partial charge in [-0.1, -0.05) is 17.7 Å². The van der Waals surface area contributed by atoms with E-state index in [0.29, 0.717) is 21.5 Å². The molecule has 0 bridgehead atoms. The van der Waals surface area contributed by atoms with Crippen molar-refractivity contribution in [2.75, 3.05) is 12.4 Å². The monoisotopic (exact) mass is 426 g/mol. The molecule has 2 aromatic heterocycles. The van der Waals surface area contributed by atoms with Crippen LogP contribution in [0.3, 0.4) is 0 Å². The lowest BCUT2D eigenvalue weighted by Crippen LogP contribution is -2.15. The Hall–Kier alpha value is -3.88. The van der Waals surface area contributed by atoms with Crippen LogP contribution in [0.4, 0.5) is 18.9 Å². The number of amides is 1. The van der Waals surface area contributed by atoms with Crippen molar-refractivity contribution < 1.29 is 22.7 Å². The van der Waals surface area contributed by atoms with Gasteiger partial charge in [-0.2, -0.15) is 18.3 Å². The lowest BCUT2D eigenvalue weighted by atomic mass is 10.1. The minimum atomic E-state index is -4.70. The summed E-state index contributed by atoms with van der Waals surface area (Å²) in [5, 5.41) is 6.48. The van der Waals surface area contributed by atoms with E-state index in [1.807, 2.05) is 19.1 Å². The predicted molar refractivity (Wildman–Crippen MR) is 109 cm³/mol. The predicted octanol–water partition coefficient (Wildman–Crippen LogP) is 4.98. The van der Waals surface area contributed by atoms with Crippen LogP contribution < -0.4 is 10.1 Å². The maximum atomic E-state index is 13.7. The zero-order valence-electron chi connectivity index (χ0n) is 16.6. The van der Waals surface area contributed by atoms with Crippen LogP contribution in [0.25, 0.3) is 16.9 Å².